The summed E-state index contributed by atoms with van der Waals surface area (Å²) in [5, 5.41) is 24.3. The normalized spacial score (nSPS) is 26.7. The maximum atomic E-state index is 14.1. The zero-order valence-corrected chi connectivity index (χ0v) is 26.2. The Morgan fingerprint density at radius 2 is 1.86 bits per heavy atom. The molecule has 2 saturated heterocycles. The van der Waals surface area contributed by atoms with Crippen LogP contribution in [0.4, 0.5) is 0 Å². The van der Waals surface area contributed by atoms with E-state index >= 15 is 0 Å². The fourth-order valence-electron chi connectivity index (χ4n) is 7.32. The van der Waals surface area contributed by atoms with Gasteiger partial charge in [-0.15, -0.1) is 0 Å². The Morgan fingerprint density at radius 3 is 2.42 bits per heavy atom. The number of oxazole rings is 1. The number of ether oxygens (including phenoxy) is 1. The Bertz CT molecular complexity index is 1210. The van der Waals surface area contributed by atoms with Crippen molar-refractivity contribution in [3.05, 3.63) is 30.5 Å². The molecule has 1 spiro atoms. The van der Waals surface area contributed by atoms with E-state index in [1.54, 1.807) is 18.7 Å². The van der Waals surface area contributed by atoms with Crippen molar-refractivity contribution < 1.29 is 33.8 Å². The summed E-state index contributed by atoms with van der Waals surface area (Å²) in [4.78, 5) is 48.1. The van der Waals surface area contributed by atoms with Crippen molar-refractivity contribution in [2.45, 2.75) is 84.5 Å². The second-order valence-electron chi connectivity index (χ2n) is 14.7. The molecule has 4 aliphatic rings. The molecule has 5 rings (SSSR count). The summed E-state index contributed by atoms with van der Waals surface area (Å²) in [6.45, 7) is 10.6. The SMILES string of the molecule is C[C@@H](OCC1(CO)CC=CCC1)[C@H](NC(=O)[C@@H]1CN(C(=O)c2cnco2)CC12CN(C(=O)C(C)(C)C1CC1)C2)C(C)(C)O. The van der Waals surface area contributed by atoms with Gasteiger partial charge in [0.05, 0.1) is 43.1 Å². The molecular weight excluding hydrogens is 552 g/mol. The molecule has 4 atom stereocenters. The summed E-state index contributed by atoms with van der Waals surface area (Å²) in [6.07, 6.45) is 10.7. The number of nitrogens with zero attached hydrogens (tertiary/aromatic N) is 3. The number of rotatable bonds is 11. The Kier molecular flexibility index (Phi) is 8.56. The van der Waals surface area contributed by atoms with Crippen LogP contribution < -0.4 is 5.32 Å². The first-order chi connectivity index (χ1) is 20.2. The standard InChI is InChI=1S/C32H48N4O7/c1-21(42-19-31(18-37)11-7-6-8-12-31)25(30(4,5)41)34-26(38)23-14-35(27(39)24-13-33-20-43-24)15-32(23)16-36(17-32)28(40)29(2,3)22-9-10-22/h6-7,13,20-23,25,37,41H,8-12,14-19H2,1-5H3,(H,34,38)/t21-,23+,25+,31?/m1/s1. The molecule has 43 heavy (non-hydrogen) atoms. The molecule has 3 amide bonds. The van der Waals surface area contributed by atoms with Crippen LogP contribution in [-0.4, -0.2) is 99.9 Å². The van der Waals surface area contributed by atoms with Crippen LogP contribution in [0, 0.1) is 28.1 Å². The molecule has 238 valence electrons. The van der Waals surface area contributed by atoms with Crippen LogP contribution in [0.2, 0.25) is 0 Å². The van der Waals surface area contributed by atoms with E-state index in [1.165, 1.54) is 12.6 Å². The van der Waals surface area contributed by atoms with Crippen LogP contribution in [0.25, 0.3) is 0 Å². The molecule has 3 heterocycles. The maximum absolute atomic E-state index is 14.1. The van der Waals surface area contributed by atoms with Gasteiger partial charge in [-0.3, -0.25) is 14.4 Å². The highest BCUT2D eigenvalue weighted by molar-refractivity contribution is 5.93. The molecule has 11 heteroatoms. The summed E-state index contributed by atoms with van der Waals surface area (Å²) in [7, 11) is 0. The summed E-state index contributed by atoms with van der Waals surface area (Å²) in [5.74, 6) is -0.663. The van der Waals surface area contributed by atoms with Gasteiger partial charge in [0.1, 0.15) is 0 Å². The summed E-state index contributed by atoms with van der Waals surface area (Å²) < 4.78 is 11.5. The number of aliphatic hydroxyl groups is 2. The van der Waals surface area contributed by atoms with Gasteiger partial charge in [-0.2, -0.15) is 0 Å². The van der Waals surface area contributed by atoms with Crippen LogP contribution in [0.15, 0.2) is 29.2 Å². The van der Waals surface area contributed by atoms with Crippen LogP contribution >= 0.6 is 0 Å². The molecule has 1 unspecified atom stereocenters. The zero-order chi connectivity index (χ0) is 31.2. The lowest BCUT2D eigenvalue weighted by Crippen LogP contribution is -2.67. The number of aromatic nitrogens is 1. The van der Waals surface area contributed by atoms with Gasteiger partial charge in [0.2, 0.25) is 17.6 Å². The lowest BCUT2D eigenvalue weighted by Gasteiger charge is -2.52. The lowest BCUT2D eigenvalue weighted by molar-refractivity contribution is -0.159. The molecule has 1 aromatic heterocycles. The monoisotopic (exact) mass is 600 g/mol. The molecule has 3 fully saturated rings. The van der Waals surface area contributed by atoms with Gasteiger partial charge >= 0.3 is 0 Å². The molecule has 0 aromatic carbocycles. The fraction of sp³-hybridized carbons (Fsp3) is 0.750. The van der Waals surface area contributed by atoms with Crippen LogP contribution in [0.1, 0.15) is 77.3 Å². The maximum Gasteiger partial charge on any atom is 0.291 e. The zero-order valence-electron chi connectivity index (χ0n) is 26.2. The highest BCUT2D eigenvalue weighted by Gasteiger charge is 2.61. The van der Waals surface area contributed by atoms with Gasteiger partial charge in [0, 0.05) is 42.4 Å². The quantitative estimate of drug-likeness (QED) is 0.329. The van der Waals surface area contributed by atoms with Gasteiger partial charge in [-0.05, 0) is 58.8 Å². The minimum Gasteiger partial charge on any atom is -0.438 e. The number of allylic oxidation sites excluding steroid dienone is 2. The van der Waals surface area contributed by atoms with Crippen molar-refractivity contribution in [1.82, 2.24) is 20.1 Å². The topological polar surface area (TPSA) is 145 Å². The number of hydrogen-bond acceptors (Lipinski definition) is 8. The third-order valence-electron chi connectivity index (χ3n) is 10.4. The molecule has 0 radical (unpaired) electrons. The summed E-state index contributed by atoms with van der Waals surface area (Å²) in [6, 6.07) is -0.752. The van der Waals surface area contributed by atoms with Crippen molar-refractivity contribution >= 4 is 17.7 Å². The molecule has 0 bridgehead atoms. The van der Waals surface area contributed by atoms with Crippen LogP contribution in [0.5, 0.6) is 0 Å². The van der Waals surface area contributed by atoms with Gasteiger partial charge in [-0.25, -0.2) is 4.98 Å². The largest absolute Gasteiger partial charge is 0.438 e. The Morgan fingerprint density at radius 1 is 1.16 bits per heavy atom. The number of aliphatic hydroxyl groups excluding tert-OH is 1. The van der Waals surface area contributed by atoms with E-state index in [-0.39, 0.29) is 42.0 Å². The second kappa shape index (κ2) is 11.6. The van der Waals surface area contributed by atoms with E-state index in [2.05, 4.69) is 22.5 Å². The fourth-order valence-corrected chi connectivity index (χ4v) is 7.32. The minimum absolute atomic E-state index is 0.00395. The van der Waals surface area contributed by atoms with E-state index < -0.39 is 34.5 Å². The predicted molar refractivity (Wildman–Crippen MR) is 158 cm³/mol. The van der Waals surface area contributed by atoms with E-state index in [4.69, 9.17) is 9.15 Å². The number of hydrogen-bond donors (Lipinski definition) is 3. The first-order valence-electron chi connectivity index (χ1n) is 15.6. The van der Waals surface area contributed by atoms with Gasteiger partial charge < -0.3 is 34.5 Å². The Hall–Kier alpha value is -2.76. The Balaban J connectivity index is 1.32. The van der Waals surface area contributed by atoms with Gasteiger partial charge in [0.25, 0.3) is 5.91 Å². The molecule has 3 N–H and O–H groups in total. The van der Waals surface area contributed by atoms with Crippen molar-refractivity contribution in [1.29, 1.82) is 0 Å². The lowest BCUT2D eigenvalue weighted by atomic mass is 9.69. The predicted octanol–water partition coefficient (Wildman–Crippen LogP) is 2.39. The van der Waals surface area contributed by atoms with Crippen LogP contribution in [-0.2, 0) is 14.3 Å². The van der Waals surface area contributed by atoms with E-state index in [9.17, 15) is 24.6 Å². The average molecular weight is 601 g/mol. The van der Waals surface area contributed by atoms with Crippen molar-refractivity contribution in [3.8, 4) is 0 Å². The number of nitrogens with one attached hydrogen (secondary N) is 1. The van der Waals surface area contributed by atoms with E-state index in [1.807, 2.05) is 25.7 Å². The van der Waals surface area contributed by atoms with Crippen molar-refractivity contribution in [2.24, 2.45) is 28.1 Å². The smallest absolute Gasteiger partial charge is 0.291 e. The first-order valence-corrected chi connectivity index (χ1v) is 15.6. The third kappa shape index (κ3) is 6.26. The highest BCUT2D eigenvalue weighted by atomic mass is 16.5. The van der Waals surface area contributed by atoms with Crippen molar-refractivity contribution in [2.75, 3.05) is 39.4 Å². The van der Waals surface area contributed by atoms with Crippen molar-refractivity contribution in [3.63, 3.8) is 0 Å². The first kappa shape index (κ1) is 31.7. The molecule has 2 aliphatic carbocycles. The Labute approximate surface area is 254 Å². The number of likely N-dealkylation sites (tertiary alicyclic amines) is 2. The molecule has 1 aromatic rings. The van der Waals surface area contributed by atoms with Gasteiger partial charge in [0.15, 0.2) is 6.39 Å². The molecule has 11 nitrogen and oxygen atoms in total. The number of carbonyl (C=O) groups is 3. The molecule has 1 saturated carbocycles. The van der Waals surface area contributed by atoms with Crippen LogP contribution in [0.3, 0.4) is 0 Å². The highest BCUT2D eigenvalue weighted by Crippen LogP contribution is 2.50. The minimum atomic E-state index is -1.31. The third-order valence-corrected chi connectivity index (χ3v) is 10.4. The summed E-state index contributed by atoms with van der Waals surface area (Å²) >= 11 is 0. The van der Waals surface area contributed by atoms with Gasteiger partial charge in [-0.1, -0.05) is 26.0 Å². The molecule has 2 aliphatic heterocycles. The number of amides is 3. The second-order valence-corrected chi connectivity index (χ2v) is 14.7. The average Bonchev–Trinajstić information content (AvgIpc) is 3.53. The number of carbonyl (C=O) groups excluding carboxylic acids is 3. The molecular formula is C32H48N4O7. The van der Waals surface area contributed by atoms with E-state index in [0.29, 0.717) is 38.6 Å². The summed E-state index contributed by atoms with van der Waals surface area (Å²) in [5.41, 5.74) is -2.76. The van der Waals surface area contributed by atoms with E-state index in [0.717, 1.165) is 25.7 Å².